The van der Waals surface area contributed by atoms with E-state index in [1.165, 1.54) is 21.8 Å². The van der Waals surface area contributed by atoms with Gasteiger partial charge in [0.15, 0.2) is 0 Å². The van der Waals surface area contributed by atoms with Gasteiger partial charge in [0.1, 0.15) is 40.5 Å². The maximum absolute atomic E-state index is 6.68. The number of amidine groups is 1. The summed E-state index contributed by atoms with van der Waals surface area (Å²) < 4.78 is 15.7. The van der Waals surface area contributed by atoms with E-state index in [0.29, 0.717) is 0 Å². The summed E-state index contributed by atoms with van der Waals surface area (Å²) in [5.74, 6) is 0.849. The molecule has 0 spiro atoms. The fraction of sp³-hybridized carbons (Fsp3) is 0.0392. The summed E-state index contributed by atoms with van der Waals surface area (Å²) in [6, 6.07) is 63.7. The molecule has 12 rings (SSSR count). The van der Waals surface area contributed by atoms with E-state index in [2.05, 4.69) is 167 Å². The number of hydrogen-bond acceptors (Lipinski definition) is 5. The van der Waals surface area contributed by atoms with E-state index in [1.807, 2.05) is 30.3 Å². The Balaban J connectivity index is 0.966. The molecule has 0 aliphatic carbocycles. The number of furan rings is 2. The lowest BCUT2D eigenvalue weighted by Crippen LogP contribution is -2.44. The highest BCUT2D eigenvalue weighted by molar-refractivity contribution is 6.13. The van der Waals surface area contributed by atoms with Gasteiger partial charge in [0, 0.05) is 54.7 Å². The number of hydrogen-bond donors (Lipinski definition) is 2. The molecule has 2 N–H and O–H groups in total. The highest BCUT2D eigenvalue weighted by atomic mass is 16.3. The highest BCUT2D eigenvalue weighted by Gasteiger charge is 2.28. The second-order valence-electron chi connectivity index (χ2n) is 14.8. The first kappa shape index (κ1) is 31.9. The van der Waals surface area contributed by atoms with Crippen molar-refractivity contribution in [2.45, 2.75) is 12.3 Å². The van der Waals surface area contributed by atoms with Crippen molar-refractivity contribution in [1.82, 2.24) is 15.2 Å². The molecule has 57 heavy (non-hydrogen) atoms. The average Bonchev–Trinajstić information content (AvgIpc) is 3.96. The van der Waals surface area contributed by atoms with E-state index in [-0.39, 0.29) is 12.3 Å². The zero-order valence-corrected chi connectivity index (χ0v) is 30.7. The number of rotatable bonds is 5. The summed E-state index contributed by atoms with van der Waals surface area (Å²) >= 11 is 0. The number of fused-ring (bicyclic) bond motifs is 9. The lowest BCUT2D eigenvalue weighted by atomic mass is 9.99. The Kier molecular flexibility index (Phi) is 7.03. The van der Waals surface area contributed by atoms with E-state index in [1.54, 1.807) is 0 Å². The van der Waals surface area contributed by atoms with Crippen molar-refractivity contribution in [1.29, 1.82) is 0 Å². The van der Waals surface area contributed by atoms with Gasteiger partial charge in [-0.2, -0.15) is 0 Å². The van der Waals surface area contributed by atoms with Crippen LogP contribution in [0.4, 0.5) is 0 Å². The Bertz CT molecular complexity index is 3320. The summed E-state index contributed by atoms with van der Waals surface area (Å²) in [5, 5.41) is 14.2. The smallest absolute Gasteiger partial charge is 0.143 e. The fourth-order valence-electron chi connectivity index (χ4n) is 8.88. The molecule has 3 aromatic heterocycles. The first-order valence-corrected chi connectivity index (χ1v) is 19.4. The van der Waals surface area contributed by atoms with Gasteiger partial charge in [-0.3, -0.25) is 5.32 Å². The van der Waals surface area contributed by atoms with E-state index in [9.17, 15) is 0 Å². The molecule has 270 valence electrons. The van der Waals surface area contributed by atoms with Crippen LogP contribution in [0.25, 0.3) is 82.5 Å². The molecule has 0 bridgehead atoms. The lowest BCUT2D eigenvalue weighted by molar-refractivity contribution is 0.410. The summed E-state index contributed by atoms with van der Waals surface area (Å²) in [7, 11) is 0. The molecule has 0 fully saturated rings. The van der Waals surface area contributed by atoms with Gasteiger partial charge in [0.25, 0.3) is 0 Å². The minimum absolute atomic E-state index is 0.133. The minimum atomic E-state index is -0.312. The third-order valence-electron chi connectivity index (χ3n) is 11.5. The maximum Gasteiger partial charge on any atom is 0.143 e. The zero-order chi connectivity index (χ0) is 37.5. The quantitative estimate of drug-likeness (QED) is 0.185. The second-order valence-corrected chi connectivity index (χ2v) is 14.8. The van der Waals surface area contributed by atoms with Crippen molar-refractivity contribution in [3.63, 3.8) is 0 Å². The molecule has 6 nitrogen and oxygen atoms in total. The topological polar surface area (TPSA) is 67.6 Å². The summed E-state index contributed by atoms with van der Waals surface area (Å²) in [5.41, 5.74) is 12.1. The number of nitrogens with zero attached hydrogens (tertiary/aromatic N) is 2. The predicted octanol–water partition coefficient (Wildman–Crippen LogP) is 12.6. The van der Waals surface area contributed by atoms with Gasteiger partial charge in [0.05, 0.1) is 11.0 Å². The van der Waals surface area contributed by atoms with Crippen molar-refractivity contribution < 1.29 is 8.83 Å². The Morgan fingerprint density at radius 1 is 0.491 bits per heavy atom. The van der Waals surface area contributed by atoms with Gasteiger partial charge < -0.3 is 18.7 Å². The molecule has 4 heterocycles. The largest absolute Gasteiger partial charge is 0.456 e. The molecule has 0 amide bonds. The van der Waals surface area contributed by atoms with Crippen LogP contribution in [0.3, 0.4) is 0 Å². The third-order valence-corrected chi connectivity index (χ3v) is 11.5. The minimum Gasteiger partial charge on any atom is -0.456 e. The maximum atomic E-state index is 6.68. The molecule has 0 saturated carbocycles. The van der Waals surface area contributed by atoms with Gasteiger partial charge in [-0.05, 0) is 59.7 Å². The Hall–Kier alpha value is -7.41. The van der Waals surface area contributed by atoms with Crippen LogP contribution in [0, 0.1) is 0 Å². The molecule has 6 heteroatoms. The standard InChI is InChI=1S/C51H34N4O2/c1-3-13-31(14-4-1)49-52-50(32-15-5-2-6-16-32)54-51(53-49)40-21-12-24-45-47(40)39-27-25-33(29-46(39)56-45)35-19-11-20-38-41-30-34(26-28-44(41)57-48(35)38)55-42-22-9-7-17-36(42)37-18-8-10-23-43(37)55/h1-30,49,51,53H,(H,52,54). The second kappa shape index (κ2) is 12.6. The highest BCUT2D eigenvalue weighted by Crippen LogP contribution is 2.42. The van der Waals surface area contributed by atoms with Crippen LogP contribution < -0.4 is 10.6 Å². The number of aliphatic imine (C=N–C) groups is 1. The molecule has 11 aromatic rings. The van der Waals surface area contributed by atoms with Crippen molar-refractivity contribution in [3.05, 3.63) is 199 Å². The van der Waals surface area contributed by atoms with Crippen molar-refractivity contribution >= 4 is 71.5 Å². The summed E-state index contributed by atoms with van der Waals surface area (Å²) in [6.45, 7) is 0. The van der Waals surface area contributed by atoms with Gasteiger partial charge in [0.2, 0.25) is 0 Å². The number of benzene rings is 8. The van der Waals surface area contributed by atoms with Crippen LogP contribution in [0.15, 0.2) is 196 Å². The number of aromatic nitrogens is 1. The lowest BCUT2D eigenvalue weighted by Gasteiger charge is -2.32. The number of nitrogens with one attached hydrogen (secondary N) is 2. The Morgan fingerprint density at radius 2 is 1.21 bits per heavy atom. The fourth-order valence-corrected chi connectivity index (χ4v) is 8.88. The van der Waals surface area contributed by atoms with Crippen LogP contribution in [-0.4, -0.2) is 10.4 Å². The van der Waals surface area contributed by atoms with Crippen LogP contribution in [0.2, 0.25) is 0 Å². The van der Waals surface area contributed by atoms with Crippen molar-refractivity contribution in [2.24, 2.45) is 4.99 Å². The van der Waals surface area contributed by atoms with E-state index < -0.39 is 0 Å². The Labute approximate surface area is 327 Å². The van der Waals surface area contributed by atoms with Crippen molar-refractivity contribution in [2.75, 3.05) is 0 Å². The van der Waals surface area contributed by atoms with Gasteiger partial charge in [-0.15, -0.1) is 0 Å². The molecular formula is C51H34N4O2. The van der Waals surface area contributed by atoms with Crippen molar-refractivity contribution in [3.8, 4) is 16.8 Å². The zero-order valence-electron chi connectivity index (χ0n) is 30.7. The third kappa shape index (κ3) is 5.04. The first-order chi connectivity index (χ1) is 28.2. The normalized spacial score (nSPS) is 15.9. The summed E-state index contributed by atoms with van der Waals surface area (Å²) in [4.78, 5) is 5.25. The molecule has 2 unspecified atom stereocenters. The van der Waals surface area contributed by atoms with Crippen LogP contribution in [0.1, 0.15) is 29.0 Å². The molecule has 1 aliphatic heterocycles. The van der Waals surface area contributed by atoms with E-state index in [0.717, 1.165) is 83.2 Å². The SMILES string of the molecule is c1ccc(C2=NC(c3cccc4oc5cc(-c6cccc7c6oc6ccc(-n8c9ccccc9c9ccccc98)cc67)ccc5c34)NC(c3ccccc3)N2)cc1. The first-order valence-electron chi connectivity index (χ1n) is 19.4. The predicted molar refractivity (Wildman–Crippen MR) is 232 cm³/mol. The molecule has 8 aromatic carbocycles. The van der Waals surface area contributed by atoms with Gasteiger partial charge in [-0.25, -0.2) is 4.99 Å². The molecule has 1 aliphatic rings. The van der Waals surface area contributed by atoms with Gasteiger partial charge >= 0.3 is 0 Å². The van der Waals surface area contributed by atoms with Crippen LogP contribution in [0.5, 0.6) is 0 Å². The van der Waals surface area contributed by atoms with E-state index in [4.69, 9.17) is 13.8 Å². The Morgan fingerprint density at radius 3 is 2.02 bits per heavy atom. The molecule has 0 radical (unpaired) electrons. The van der Waals surface area contributed by atoms with Crippen LogP contribution >= 0.6 is 0 Å². The summed E-state index contributed by atoms with van der Waals surface area (Å²) in [6.07, 6.45) is -0.446. The van der Waals surface area contributed by atoms with Crippen LogP contribution in [-0.2, 0) is 0 Å². The molecule has 2 atom stereocenters. The van der Waals surface area contributed by atoms with Gasteiger partial charge in [-0.1, -0.05) is 133 Å². The monoisotopic (exact) mass is 734 g/mol. The molecular weight excluding hydrogens is 701 g/mol. The number of para-hydroxylation sites is 3. The average molecular weight is 735 g/mol. The van der Waals surface area contributed by atoms with E-state index >= 15 is 0 Å². The molecule has 0 saturated heterocycles.